The van der Waals surface area contributed by atoms with E-state index in [9.17, 15) is 4.79 Å². The molecule has 3 aromatic rings. The van der Waals surface area contributed by atoms with Crippen LogP contribution in [-0.4, -0.2) is 43.8 Å². The lowest BCUT2D eigenvalue weighted by Crippen LogP contribution is -2.39. The summed E-state index contributed by atoms with van der Waals surface area (Å²) >= 11 is 0. The molecule has 0 unspecified atom stereocenters. The molecule has 7 heteroatoms. The minimum Gasteiger partial charge on any atom is -0.437 e. The zero-order valence-electron chi connectivity index (χ0n) is 14.7. The van der Waals surface area contributed by atoms with Gasteiger partial charge in [-0.3, -0.25) is 9.78 Å². The van der Waals surface area contributed by atoms with Gasteiger partial charge in [-0.05, 0) is 31.0 Å². The standard InChI is InChI=1S/C20H19N5O2/c26-20(17-8-9-21-14-23-17)25-10-4-5-15(13-25)18-11-22-12-19(24-18)27-16-6-2-1-3-7-16/h1-3,6-9,11-12,14-15H,4-5,10,13H2/t15-/m1/s1. The van der Waals surface area contributed by atoms with Crippen molar-refractivity contribution in [2.75, 3.05) is 13.1 Å². The molecule has 0 saturated carbocycles. The molecule has 0 radical (unpaired) electrons. The molecule has 0 bridgehead atoms. The maximum atomic E-state index is 12.7. The summed E-state index contributed by atoms with van der Waals surface area (Å²) in [6.07, 6.45) is 8.19. The number of benzene rings is 1. The minimum absolute atomic E-state index is 0.0771. The van der Waals surface area contributed by atoms with E-state index in [1.54, 1.807) is 24.7 Å². The van der Waals surface area contributed by atoms with Crippen LogP contribution in [0.2, 0.25) is 0 Å². The molecule has 136 valence electrons. The average Bonchev–Trinajstić information content (AvgIpc) is 2.75. The van der Waals surface area contributed by atoms with Crippen molar-refractivity contribution in [3.63, 3.8) is 0 Å². The summed E-state index contributed by atoms with van der Waals surface area (Å²) in [4.78, 5) is 31.3. The fourth-order valence-corrected chi connectivity index (χ4v) is 3.20. The highest BCUT2D eigenvalue weighted by molar-refractivity contribution is 5.92. The first-order chi connectivity index (χ1) is 13.3. The summed E-state index contributed by atoms with van der Waals surface area (Å²) in [6, 6.07) is 11.1. The number of nitrogens with zero attached hydrogens (tertiary/aromatic N) is 5. The maximum absolute atomic E-state index is 12.7. The number of amides is 1. The van der Waals surface area contributed by atoms with Gasteiger partial charge in [-0.15, -0.1) is 0 Å². The highest BCUT2D eigenvalue weighted by Gasteiger charge is 2.27. The number of para-hydroxylation sites is 1. The van der Waals surface area contributed by atoms with Gasteiger partial charge in [0.15, 0.2) is 0 Å². The molecule has 1 aliphatic rings. The number of carbonyl (C=O) groups excluding carboxylic acids is 1. The Morgan fingerprint density at radius 2 is 2.00 bits per heavy atom. The lowest BCUT2D eigenvalue weighted by Gasteiger charge is -2.32. The van der Waals surface area contributed by atoms with E-state index in [0.29, 0.717) is 30.4 Å². The Hall–Kier alpha value is -3.35. The van der Waals surface area contributed by atoms with Crippen molar-refractivity contribution < 1.29 is 9.53 Å². The van der Waals surface area contributed by atoms with E-state index < -0.39 is 0 Å². The molecule has 1 atom stereocenters. The second kappa shape index (κ2) is 7.90. The van der Waals surface area contributed by atoms with Gasteiger partial charge in [-0.25, -0.2) is 15.0 Å². The number of hydrogen-bond donors (Lipinski definition) is 0. The second-order valence-corrected chi connectivity index (χ2v) is 6.38. The summed E-state index contributed by atoms with van der Waals surface area (Å²) in [7, 11) is 0. The van der Waals surface area contributed by atoms with Crippen LogP contribution in [0.4, 0.5) is 0 Å². The van der Waals surface area contributed by atoms with Crippen molar-refractivity contribution in [2.45, 2.75) is 18.8 Å². The zero-order chi connectivity index (χ0) is 18.5. The number of hydrogen-bond acceptors (Lipinski definition) is 6. The van der Waals surface area contributed by atoms with Crippen molar-refractivity contribution in [3.05, 3.63) is 72.7 Å². The Labute approximate surface area is 157 Å². The summed E-state index contributed by atoms with van der Waals surface area (Å²) in [5.74, 6) is 1.22. The molecule has 0 aliphatic carbocycles. The molecule has 1 amide bonds. The predicted molar refractivity (Wildman–Crippen MR) is 98.5 cm³/mol. The van der Waals surface area contributed by atoms with E-state index in [1.807, 2.05) is 35.2 Å². The predicted octanol–water partition coefficient (Wildman–Crippen LogP) is 3.08. The molecule has 0 spiro atoms. The third-order valence-corrected chi connectivity index (χ3v) is 4.52. The average molecular weight is 361 g/mol. The molecule has 0 N–H and O–H groups in total. The first-order valence-electron chi connectivity index (χ1n) is 8.90. The van der Waals surface area contributed by atoms with Crippen LogP contribution in [-0.2, 0) is 0 Å². The van der Waals surface area contributed by atoms with Gasteiger partial charge in [0.1, 0.15) is 17.8 Å². The number of likely N-dealkylation sites (tertiary alicyclic amines) is 1. The summed E-state index contributed by atoms with van der Waals surface area (Å²) in [6.45, 7) is 1.30. The second-order valence-electron chi connectivity index (χ2n) is 6.38. The third-order valence-electron chi connectivity index (χ3n) is 4.52. The van der Waals surface area contributed by atoms with E-state index in [1.165, 1.54) is 6.33 Å². The Bertz CT molecular complexity index is 905. The van der Waals surface area contributed by atoms with Crippen LogP contribution in [0, 0.1) is 0 Å². The van der Waals surface area contributed by atoms with Gasteiger partial charge in [0, 0.05) is 31.4 Å². The minimum atomic E-state index is -0.0771. The fraction of sp³-hybridized carbons (Fsp3) is 0.250. The first-order valence-corrected chi connectivity index (χ1v) is 8.90. The molecule has 27 heavy (non-hydrogen) atoms. The summed E-state index contributed by atoms with van der Waals surface area (Å²) in [5, 5.41) is 0. The van der Waals surface area contributed by atoms with Crippen LogP contribution < -0.4 is 4.74 Å². The quantitative estimate of drug-likeness (QED) is 0.710. The zero-order valence-corrected chi connectivity index (χ0v) is 14.7. The van der Waals surface area contributed by atoms with Gasteiger partial charge < -0.3 is 9.64 Å². The van der Waals surface area contributed by atoms with Crippen molar-refractivity contribution in [3.8, 4) is 11.6 Å². The summed E-state index contributed by atoms with van der Waals surface area (Å²) < 4.78 is 5.78. The highest BCUT2D eigenvalue weighted by Crippen LogP contribution is 2.28. The van der Waals surface area contributed by atoms with Crippen molar-refractivity contribution in [2.24, 2.45) is 0 Å². The van der Waals surface area contributed by atoms with Gasteiger partial charge >= 0.3 is 0 Å². The third kappa shape index (κ3) is 4.08. The number of rotatable bonds is 4. The lowest BCUT2D eigenvalue weighted by molar-refractivity contribution is 0.0699. The van der Waals surface area contributed by atoms with Gasteiger partial charge in [0.25, 0.3) is 5.91 Å². The molecular formula is C20H19N5O2. The molecule has 4 rings (SSSR count). The highest BCUT2D eigenvalue weighted by atomic mass is 16.5. The SMILES string of the molecule is O=C(c1ccncn1)N1CCC[C@@H](c2cncc(Oc3ccccc3)n2)C1. The van der Waals surface area contributed by atoms with Crippen molar-refractivity contribution in [1.29, 1.82) is 0 Å². The number of ether oxygens (including phenoxy) is 1. The van der Waals surface area contributed by atoms with Crippen molar-refractivity contribution in [1.82, 2.24) is 24.8 Å². The molecule has 1 aliphatic heterocycles. The van der Waals surface area contributed by atoms with Crippen LogP contribution in [0.5, 0.6) is 11.6 Å². The van der Waals surface area contributed by atoms with Crippen LogP contribution in [0.15, 0.2) is 61.3 Å². The van der Waals surface area contributed by atoms with Gasteiger partial charge in [0.2, 0.25) is 5.88 Å². The Balaban J connectivity index is 1.48. The Morgan fingerprint density at radius 3 is 2.81 bits per heavy atom. The van der Waals surface area contributed by atoms with Crippen LogP contribution >= 0.6 is 0 Å². The van der Waals surface area contributed by atoms with E-state index in [2.05, 4.69) is 19.9 Å². The topological polar surface area (TPSA) is 81.1 Å². The normalized spacial score (nSPS) is 16.7. The molecule has 1 fully saturated rings. The van der Waals surface area contributed by atoms with E-state index in [4.69, 9.17) is 4.74 Å². The number of carbonyl (C=O) groups is 1. The van der Waals surface area contributed by atoms with Gasteiger partial charge in [-0.2, -0.15) is 0 Å². The van der Waals surface area contributed by atoms with E-state index in [-0.39, 0.29) is 11.8 Å². The van der Waals surface area contributed by atoms with E-state index in [0.717, 1.165) is 18.5 Å². The first kappa shape index (κ1) is 17.1. The molecular weight excluding hydrogens is 342 g/mol. The molecule has 3 heterocycles. The molecule has 1 saturated heterocycles. The number of piperidine rings is 1. The summed E-state index contributed by atoms with van der Waals surface area (Å²) in [5.41, 5.74) is 1.25. The molecule has 1 aromatic carbocycles. The van der Waals surface area contributed by atoms with Crippen LogP contribution in [0.1, 0.15) is 34.9 Å². The number of aromatic nitrogens is 4. The monoisotopic (exact) mass is 361 g/mol. The van der Waals surface area contributed by atoms with Gasteiger partial charge in [-0.1, -0.05) is 18.2 Å². The Kier molecular flexibility index (Phi) is 5.00. The van der Waals surface area contributed by atoms with Gasteiger partial charge in [0.05, 0.1) is 11.9 Å². The van der Waals surface area contributed by atoms with Crippen molar-refractivity contribution >= 4 is 5.91 Å². The largest absolute Gasteiger partial charge is 0.437 e. The smallest absolute Gasteiger partial charge is 0.272 e. The maximum Gasteiger partial charge on any atom is 0.272 e. The van der Waals surface area contributed by atoms with E-state index >= 15 is 0 Å². The van der Waals surface area contributed by atoms with Crippen LogP contribution in [0.25, 0.3) is 0 Å². The van der Waals surface area contributed by atoms with Crippen LogP contribution in [0.3, 0.4) is 0 Å². The molecule has 7 nitrogen and oxygen atoms in total. The Morgan fingerprint density at radius 1 is 1.11 bits per heavy atom. The fourth-order valence-electron chi connectivity index (χ4n) is 3.20. The lowest BCUT2D eigenvalue weighted by atomic mass is 9.95. The molecule has 2 aromatic heterocycles.